The Kier molecular flexibility index (Phi) is 2.25. The van der Waals surface area contributed by atoms with E-state index in [0.29, 0.717) is 5.57 Å². The number of carboxylic acids is 1. The highest BCUT2D eigenvalue weighted by atomic mass is 16.4. The van der Waals surface area contributed by atoms with Gasteiger partial charge in [-0.15, -0.1) is 0 Å². The predicted molar refractivity (Wildman–Crippen MR) is 48.3 cm³/mol. The minimum absolute atomic E-state index is 0.0175. The predicted octanol–water partition coefficient (Wildman–Crippen LogP) is 0.951. The van der Waals surface area contributed by atoms with Crippen LogP contribution in [0.3, 0.4) is 0 Å². The van der Waals surface area contributed by atoms with Gasteiger partial charge in [0.25, 0.3) is 0 Å². The van der Waals surface area contributed by atoms with E-state index in [1.54, 1.807) is 0 Å². The smallest absolute Gasteiger partial charge is 0.320 e. The second-order valence-corrected chi connectivity index (χ2v) is 2.88. The number of rotatable bonds is 3. The van der Waals surface area contributed by atoms with Crippen molar-refractivity contribution < 1.29 is 17.7 Å². The number of nitrogens with two attached hydrogens (primary N) is 1. The molecule has 0 spiro atoms. The monoisotopic (exact) mass is 185 g/mol. The maximum atomic E-state index is 10.5. The Bertz CT molecular complexity index is 336. The van der Waals surface area contributed by atoms with E-state index in [9.17, 15) is 9.90 Å². The molecule has 4 N–H and O–H groups in total. The zero-order valence-electron chi connectivity index (χ0n) is 9.03. The first-order valence-electron chi connectivity index (χ1n) is 4.90. The van der Waals surface area contributed by atoms with Crippen molar-refractivity contribution in [2.45, 2.75) is 25.3 Å². The van der Waals surface area contributed by atoms with Gasteiger partial charge in [0.15, 0.2) is 0 Å². The van der Waals surface area contributed by atoms with E-state index in [1.165, 1.54) is 12.2 Å². The highest BCUT2D eigenvalue weighted by Gasteiger charge is 2.14. The number of aliphatic hydroxyl groups excluding tert-OH is 1. The summed E-state index contributed by atoms with van der Waals surface area (Å²) in [6, 6.07) is -1.03. The van der Waals surface area contributed by atoms with Crippen LogP contribution in [0, 0.1) is 0 Å². The van der Waals surface area contributed by atoms with Gasteiger partial charge >= 0.3 is 5.97 Å². The Morgan fingerprint density at radius 3 is 3.00 bits per heavy atom. The van der Waals surface area contributed by atoms with E-state index in [4.69, 9.17) is 13.6 Å². The van der Waals surface area contributed by atoms with Crippen LogP contribution in [0.25, 0.3) is 0 Å². The number of carbonyl (C=O) groups is 1. The third kappa shape index (κ3) is 2.91. The molecular formula is C9H13NO3. The van der Waals surface area contributed by atoms with Crippen LogP contribution in [0.1, 0.15) is 22.0 Å². The molecule has 1 rings (SSSR count). The molecule has 0 aromatic heterocycles. The summed E-state index contributed by atoms with van der Waals surface area (Å²) in [6.07, 6.45) is 1.02. The van der Waals surface area contributed by atoms with Gasteiger partial charge < -0.3 is 15.9 Å². The molecule has 1 atom stereocenters. The van der Waals surface area contributed by atoms with Gasteiger partial charge in [-0.05, 0) is 18.9 Å². The molecule has 4 heteroatoms. The molecule has 13 heavy (non-hydrogen) atoms. The number of aliphatic hydroxyl groups is 1. The van der Waals surface area contributed by atoms with Gasteiger partial charge in [-0.25, -0.2) is 0 Å². The summed E-state index contributed by atoms with van der Waals surface area (Å²) in [7, 11) is 0. The Hall–Kier alpha value is -1.29. The normalized spacial score (nSPS) is 25.0. The zero-order valence-corrected chi connectivity index (χ0v) is 7.03. The SMILES string of the molecule is [2H]C1([2H])CC(CC(N)C(=O)O)=CC=C1O. The van der Waals surface area contributed by atoms with Crippen LogP contribution in [0.5, 0.6) is 0 Å². The first-order valence-corrected chi connectivity index (χ1v) is 3.90. The van der Waals surface area contributed by atoms with Crippen molar-refractivity contribution in [3.63, 3.8) is 0 Å². The summed E-state index contributed by atoms with van der Waals surface area (Å²) in [6.45, 7) is 0. The lowest BCUT2D eigenvalue weighted by molar-refractivity contribution is -0.138. The zero-order chi connectivity index (χ0) is 11.6. The van der Waals surface area contributed by atoms with Crippen LogP contribution in [-0.2, 0) is 4.79 Å². The van der Waals surface area contributed by atoms with Crippen molar-refractivity contribution in [3.05, 3.63) is 23.5 Å². The second-order valence-electron chi connectivity index (χ2n) is 2.88. The molecule has 0 fully saturated rings. The standard InChI is InChI=1S/C9H13NO3/c10-8(9(12)13)5-6-1-3-7(11)4-2-6/h1,3,8,11H,2,4-5,10H2,(H,12,13)/i4D2. The highest BCUT2D eigenvalue weighted by molar-refractivity contribution is 5.73. The molecule has 0 radical (unpaired) electrons. The van der Waals surface area contributed by atoms with Gasteiger partial charge in [0.1, 0.15) is 6.04 Å². The van der Waals surface area contributed by atoms with Gasteiger partial charge in [-0.1, -0.05) is 11.6 Å². The molecule has 0 amide bonds. The summed E-state index contributed by atoms with van der Waals surface area (Å²) in [4.78, 5) is 10.5. The molecule has 0 heterocycles. The fourth-order valence-corrected chi connectivity index (χ4v) is 1.03. The van der Waals surface area contributed by atoms with Gasteiger partial charge in [0.2, 0.25) is 0 Å². The van der Waals surface area contributed by atoms with Crippen molar-refractivity contribution in [2.24, 2.45) is 5.73 Å². The minimum atomic E-state index is -1.82. The van der Waals surface area contributed by atoms with E-state index < -0.39 is 18.4 Å². The maximum absolute atomic E-state index is 10.5. The van der Waals surface area contributed by atoms with Gasteiger partial charge in [-0.3, -0.25) is 4.79 Å². The van der Waals surface area contributed by atoms with Crippen LogP contribution in [-0.4, -0.2) is 22.2 Å². The average Bonchev–Trinajstić information content (AvgIpc) is 2.10. The van der Waals surface area contributed by atoms with E-state index in [0.717, 1.165) is 0 Å². The number of hydrogen-bond acceptors (Lipinski definition) is 3. The molecule has 4 nitrogen and oxygen atoms in total. The summed E-state index contributed by atoms with van der Waals surface area (Å²) in [5, 5.41) is 17.8. The first kappa shape index (κ1) is 7.15. The molecule has 0 aliphatic heterocycles. The lowest BCUT2D eigenvalue weighted by atomic mass is 9.97. The number of hydrogen-bond donors (Lipinski definition) is 3. The van der Waals surface area contributed by atoms with E-state index >= 15 is 0 Å². The quantitative estimate of drug-likeness (QED) is 0.611. The van der Waals surface area contributed by atoms with E-state index in [-0.39, 0.29) is 18.6 Å². The number of carboxylic acid groups (broad SMARTS) is 1. The highest BCUT2D eigenvalue weighted by Crippen LogP contribution is 2.19. The molecule has 0 bridgehead atoms. The largest absolute Gasteiger partial charge is 0.512 e. The van der Waals surface area contributed by atoms with Crippen LogP contribution in [0.15, 0.2) is 23.5 Å². The molecule has 0 aromatic carbocycles. The Morgan fingerprint density at radius 1 is 1.77 bits per heavy atom. The van der Waals surface area contributed by atoms with Gasteiger partial charge in [-0.2, -0.15) is 0 Å². The molecule has 1 unspecified atom stereocenters. The average molecular weight is 185 g/mol. The Balaban J connectivity index is 2.71. The molecule has 1 aliphatic carbocycles. The van der Waals surface area contributed by atoms with E-state index in [1.807, 2.05) is 0 Å². The summed E-state index contributed by atoms with van der Waals surface area (Å²) in [5.74, 6) is -1.45. The third-order valence-electron chi connectivity index (χ3n) is 1.77. The number of allylic oxidation sites excluding steroid dienone is 3. The maximum Gasteiger partial charge on any atom is 0.320 e. The van der Waals surface area contributed by atoms with Crippen molar-refractivity contribution >= 4 is 5.97 Å². The van der Waals surface area contributed by atoms with Crippen molar-refractivity contribution in [3.8, 4) is 0 Å². The minimum Gasteiger partial charge on any atom is -0.512 e. The van der Waals surface area contributed by atoms with Crippen LogP contribution < -0.4 is 5.73 Å². The third-order valence-corrected chi connectivity index (χ3v) is 1.77. The van der Waals surface area contributed by atoms with E-state index in [2.05, 4.69) is 0 Å². The Labute approximate surface area is 79.2 Å². The molecule has 72 valence electrons. The molecular weight excluding hydrogens is 170 g/mol. The Morgan fingerprint density at radius 2 is 2.46 bits per heavy atom. The van der Waals surface area contributed by atoms with Crippen molar-refractivity contribution in [1.82, 2.24) is 0 Å². The van der Waals surface area contributed by atoms with Crippen molar-refractivity contribution in [2.75, 3.05) is 0 Å². The number of aliphatic carboxylic acids is 1. The fraction of sp³-hybridized carbons (Fsp3) is 0.444. The lowest BCUT2D eigenvalue weighted by Gasteiger charge is -2.13. The molecule has 0 saturated heterocycles. The van der Waals surface area contributed by atoms with Crippen LogP contribution in [0.2, 0.25) is 0 Å². The molecule has 1 aliphatic rings. The first-order chi connectivity index (χ1) is 6.83. The summed E-state index contributed by atoms with van der Waals surface area (Å²) < 4.78 is 14.9. The fourth-order valence-electron chi connectivity index (χ4n) is 1.03. The second kappa shape index (κ2) is 4.09. The summed E-state index contributed by atoms with van der Waals surface area (Å²) >= 11 is 0. The summed E-state index contributed by atoms with van der Waals surface area (Å²) in [5.41, 5.74) is 5.91. The van der Waals surface area contributed by atoms with Gasteiger partial charge in [0.05, 0.1) is 5.76 Å². The van der Waals surface area contributed by atoms with Crippen molar-refractivity contribution in [1.29, 1.82) is 0 Å². The topological polar surface area (TPSA) is 83.6 Å². The van der Waals surface area contributed by atoms with Crippen LogP contribution in [0.4, 0.5) is 0 Å². The lowest BCUT2D eigenvalue weighted by Crippen LogP contribution is -2.30. The van der Waals surface area contributed by atoms with Crippen LogP contribution >= 0.6 is 0 Å². The van der Waals surface area contributed by atoms with Gasteiger partial charge in [0, 0.05) is 9.11 Å². The molecule has 0 aromatic rings. The molecule has 0 saturated carbocycles.